The van der Waals surface area contributed by atoms with Crippen LogP contribution in [0.3, 0.4) is 0 Å². The van der Waals surface area contributed by atoms with Crippen LogP contribution >= 0.6 is 11.5 Å². The van der Waals surface area contributed by atoms with Crippen LogP contribution in [0.25, 0.3) is 0 Å². The molecule has 0 saturated carbocycles. The molecule has 1 fully saturated rings. The number of aromatic nitrogens is 2. The van der Waals surface area contributed by atoms with E-state index in [1.807, 2.05) is 0 Å². The van der Waals surface area contributed by atoms with Gasteiger partial charge in [-0.3, -0.25) is 0 Å². The first-order valence-corrected chi connectivity index (χ1v) is 6.26. The SMILES string of the molecule is CC1CC(OCc2nnsc2N)CC(C)O1. The highest BCUT2D eigenvalue weighted by Crippen LogP contribution is 2.23. The van der Waals surface area contributed by atoms with E-state index >= 15 is 0 Å². The van der Waals surface area contributed by atoms with Crippen LogP contribution in [0.1, 0.15) is 32.4 Å². The molecule has 1 saturated heterocycles. The molecule has 0 radical (unpaired) electrons. The number of anilines is 1. The summed E-state index contributed by atoms with van der Waals surface area (Å²) in [4.78, 5) is 0. The van der Waals surface area contributed by atoms with Crippen molar-refractivity contribution >= 4 is 16.5 Å². The van der Waals surface area contributed by atoms with Gasteiger partial charge in [0.05, 0.1) is 24.9 Å². The zero-order valence-corrected chi connectivity index (χ0v) is 10.4. The maximum atomic E-state index is 5.79. The van der Waals surface area contributed by atoms with Crippen molar-refractivity contribution in [1.29, 1.82) is 0 Å². The van der Waals surface area contributed by atoms with Crippen LogP contribution in [-0.4, -0.2) is 27.9 Å². The number of nitrogen functional groups attached to an aromatic ring is 1. The Balaban J connectivity index is 1.84. The first kappa shape index (κ1) is 11.8. The van der Waals surface area contributed by atoms with Gasteiger partial charge < -0.3 is 15.2 Å². The maximum Gasteiger partial charge on any atom is 0.133 e. The summed E-state index contributed by atoms with van der Waals surface area (Å²) in [7, 11) is 0. The lowest BCUT2D eigenvalue weighted by Gasteiger charge is -2.31. The zero-order valence-electron chi connectivity index (χ0n) is 9.55. The van der Waals surface area contributed by atoms with Crippen LogP contribution in [0.4, 0.5) is 5.00 Å². The Kier molecular flexibility index (Phi) is 3.73. The number of nitrogens with zero attached hydrogens (tertiary/aromatic N) is 2. The van der Waals surface area contributed by atoms with Crippen molar-refractivity contribution in [2.75, 3.05) is 5.73 Å². The fraction of sp³-hybridized carbons (Fsp3) is 0.800. The van der Waals surface area contributed by atoms with Gasteiger partial charge in [-0.15, -0.1) is 5.10 Å². The summed E-state index contributed by atoms with van der Waals surface area (Å²) in [5.41, 5.74) is 6.45. The van der Waals surface area contributed by atoms with E-state index in [0.717, 1.165) is 18.5 Å². The highest BCUT2D eigenvalue weighted by Gasteiger charge is 2.25. The van der Waals surface area contributed by atoms with Crippen LogP contribution in [0, 0.1) is 0 Å². The van der Waals surface area contributed by atoms with E-state index in [1.54, 1.807) is 0 Å². The molecule has 16 heavy (non-hydrogen) atoms. The van der Waals surface area contributed by atoms with Crippen molar-refractivity contribution in [1.82, 2.24) is 9.59 Å². The summed E-state index contributed by atoms with van der Waals surface area (Å²) in [6.07, 6.45) is 2.63. The van der Waals surface area contributed by atoms with Gasteiger partial charge in [0.15, 0.2) is 0 Å². The molecule has 0 aliphatic carbocycles. The highest BCUT2D eigenvalue weighted by atomic mass is 32.1. The van der Waals surface area contributed by atoms with Crippen molar-refractivity contribution in [3.8, 4) is 0 Å². The minimum Gasteiger partial charge on any atom is -0.388 e. The van der Waals surface area contributed by atoms with Crippen molar-refractivity contribution in [3.05, 3.63) is 5.69 Å². The van der Waals surface area contributed by atoms with E-state index in [9.17, 15) is 0 Å². The summed E-state index contributed by atoms with van der Waals surface area (Å²) >= 11 is 1.20. The molecule has 1 aliphatic heterocycles. The minimum absolute atomic E-state index is 0.236. The zero-order chi connectivity index (χ0) is 11.5. The van der Waals surface area contributed by atoms with E-state index in [-0.39, 0.29) is 18.3 Å². The van der Waals surface area contributed by atoms with Gasteiger partial charge in [0.2, 0.25) is 0 Å². The molecule has 0 bridgehead atoms. The Bertz CT molecular complexity index is 335. The smallest absolute Gasteiger partial charge is 0.133 e. The first-order chi connectivity index (χ1) is 7.65. The standard InChI is InChI=1S/C10H17N3O2S/c1-6-3-8(4-7(2)15-6)14-5-9-10(11)16-13-12-9/h6-8H,3-5,11H2,1-2H3. The molecule has 2 heterocycles. The third-order valence-electron chi connectivity index (χ3n) is 2.70. The van der Waals surface area contributed by atoms with Gasteiger partial charge >= 0.3 is 0 Å². The summed E-state index contributed by atoms with van der Waals surface area (Å²) < 4.78 is 15.2. The molecule has 0 amide bonds. The molecule has 2 rings (SSSR count). The van der Waals surface area contributed by atoms with Crippen LogP contribution in [-0.2, 0) is 16.1 Å². The Hall–Kier alpha value is -0.720. The second-order valence-electron chi connectivity index (χ2n) is 4.25. The van der Waals surface area contributed by atoms with Gasteiger partial charge in [0.1, 0.15) is 10.7 Å². The van der Waals surface area contributed by atoms with E-state index in [2.05, 4.69) is 23.4 Å². The number of rotatable bonds is 3. The Morgan fingerprint density at radius 3 is 2.69 bits per heavy atom. The Morgan fingerprint density at radius 2 is 2.12 bits per heavy atom. The lowest BCUT2D eigenvalue weighted by molar-refractivity contribution is -0.106. The molecule has 1 aromatic rings. The minimum atomic E-state index is 0.236. The molecule has 0 spiro atoms. The number of hydrogen-bond acceptors (Lipinski definition) is 6. The number of ether oxygens (including phenoxy) is 2. The summed E-state index contributed by atoms with van der Waals surface area (Å²) in [6, 6.07) is 0. The average Bonchev–Trinajstić information content (AvgIpc) is 2.59. The quantitative estimate of drug-likeness (QED) is 0.873. The molecule has 1 aliphatic rings. The van der Waals surface area contributed by atoms with Gasteiger partial charge in [-0.2, -0.15) is 0 Å². The molecule has 6 heteroatoms. The van der Waals surface area contributed by atoms with Gasteiger partial charge in [-0.25, -0.2) is 0 Å². The largest absolute Gasteiger partial charge is 0.388 e. The summed E-state index contributed by atoms with van der Waals surface area (Å²) in [5, 5.41) is 4.57. The fourth-order valence-electron chi connectivity index (χ4n) is 1.99. The first-order valence-electron chi connectivity index (χ1n) is 5.49. The van der Waals surface area contributed by atoms with Gasteiger partial charge in [-0.1, -0.05) is 4.49 Å². The third kappa shape index (κ3) is 2.90. The Morgan fingerprint density at radius 1 is 1.44 bits per heavy atom. The normalized spacial score (nSPS) is 30.5. The maximum absolute atomic E-state index is 5.79. The number of hydrogen-bond donors (Lipinski definition) is 1. The predicted octanol–water partition coefficient (Wildman–Crippen LogP) is 1.59. The summed E-state index contributed by atoms with van der Waals surface area (Å²) in [5.74, 6) is 0. The molecule has 1 aromatic heterocycles. The molecular weight excluding hydrogens is 226 g/mol. The van der Waals surface area contributed by atoms with Crippen LogP contribution < -0.4 is 5.73 Å². The van der Waals surface area contributed by atoms with E-state index < -0.39 is 0 Å². The average molecular weight is 243 g/mol. The molecule has 2 unspecified atom stereocenters. The second kappa shape index (κ2) is 5.07. The van der Waals surface area contributed by atoms with Gasteiger partial charge in [0.25, 0.3) is 0 Å². The number of nitrogens with two attached hydrogens (primary N) is 1. The molecule has 5 nitrogen and oxygen atoms in total. The van der Waals surface area contributed by atoms with E-state index in [0.29, 0.717) is 11.6 Å². The van der Waals surface area contributed by atoms with Crippen molar-refractivity contribution < 1.29 is 9.47 Å². The van der Waals surface area contributed by atoms with E-state index in [1.165, 1.54) is 11.5 Å². The van der Waals surface area contributed by atoms with Crippen molar-refractivity contribution in [3.63, 3.8) is 0 Å². The van der Waals surface area contributed by atoms with Gasteiger partial charge in [-0.05, 0) is 26.7 Å². The lowest BCUT2D eigenvalue weighted by atomic mass is 10.0. The monoisotopic (exact) mass is 243 g/mol. The second-order valence-corrected chi connectivity index (χ2v) is 5.03. The van der Waals surface area contributed by atoms with Crippen LogP contribution in [0.5, 0.6) is 0 Å². The van der Waals surface area contributed by atoms with Crippen LogP contribution in [0.2, 0.25) is 0 Å². The lowest BCUT2D eigenvalue weighted by Crippen LogP contribution is -2.34. The molecular formula is C10H17N3O2S. The fourth-order valence-corrected chi connectivity index (χ4v) is 2.43. The van der Waals surface area contributed by atoms with Gasteiger partial charge in [0, 0.05) is 11.5 Å². The van der Waals surface area contributed by atoms with Crippen LogP contribution in [0.15, 0.2) is 0 Å². The highest BCUT2D eigenvalue weighted by molar-refractivity contribution is 7.09. The topological polar surface area (TPSA) is 70.3 Å². The molecule has 2 N–H and O–H groups in total. The Labute approximate surface area is 99.1 Å². The third-order valence-corrected chi connectivity index (χ3v) is 3.29. The predicted molar refractivity (Wildman–Crippen MR) is 62.1 cm³/mol. The van der Waals surface area contributed by atoms with Crippen molar-refractivity contribution in [2.24, 2.45) is 0 Å². The van der Waals surface area contributed by atoms with Crippen molar-refractivity contribution in [2.45, 2.75) is 51.6 Å². The van der Waals surface area contributed by atoms with E-state index in [4.69, 9.17) is 15.2 Å². The summed E-state index contributed by atoms with van der Waals surface area (Å²) in [6.45, 7) is 4.60. The molecule has 2 atom stereocenters. The molecule has 90 valence electrons. The molecule has 0 aromatic carbocycles.